The van der Waals surface area contributed by atoms with Gasteiger partial charge in [-0.15, -0.1) is 0 Å². The first kappa shape index (κ1) is 10.5. The quantitative estimate of drug-likeness (QED) is 0.815. The predicted octanol–water partition coefficient (Wildman–Crippen LogP) is 1.43. The largest absolute Gasteiger partial charge is 0.382 e. The van der Waals surface area contributed by atoms with Crippen molar-refractivity contribution in [3.8, 4) is 0 Å². The molecule has 2 heterocycles. The highest BCUT2D eigenvalue weighted by molar-refractivity contribution is 5.46. The van der Waals surface area contributed by atoms with Gasteiger partial charge in [0, 0.05) is 32.3 Å². The van der Waals surface area contributed by atoms with Crippen LogP contribution in [0, 0.1) is 5.92 Å². The van der Waals surface area contributed by atoms with Crippen LogP contribution in [0.5, 0.6) is 0 Å². The SMILES string of the molecule is CCc1nn(C)cc1NCC1CCOC1. The van der Waals surface area contributed by atoms with Crippen LogP contribution in [-0.2, 0) is 18.2 Å². The van der Waals surface area contributed by atoms with E-state index < -0.39 is 0 Å². The number of rotatable bonds is 4. The summed E-state index contributed by atoms with van der Waals surface area (Å²) in [7, 11) is 1.96. The maximum Gasteiger partial charge on any atom is 0.0853 e. The van der Waals surface area contributed by atoms with E-state index in [0.717, 1.165) is 31.9 Å². The smallest absolute Gasteiger partial charge is 0.0853 e. The molecule has 4 heteroatoms. The fourth-order valence-corrected chi connectivity index (χ4v) is 1.94. The van der Waals surface area contributed by atoms with Crippen molar-refractivity contribution in [3.05, 3.63) is 11.9 Å². The lowest BCUT2D eigenvalue weighted by Crippen LogP contribution is -2.14. The van der Waals surface area contributed by atoms with Crippen molar-refractivity contribution in [2.75, 3.05) is 25.1 Å². The number of hydrogen-bond acceptors (Lipinski definition) is 3. The first-order valence-electron chi connectivity index (χ1n) is 5.63. The summed E-state index contributed by atoms with van der Waals surface area (Å²) in [6.45, 7) is 4.94. The minimum Gasteiger partial charge on any atom is -0.382 e. The Labute approximate surface area is 90.6 Å². The average molecular weight is 209 g/mol. The highest BCUT2D eigenvalue weighted by Gasteiger charge is 2.16. The molecular weight excluding hydrogens is 190 g/mol. The van der Waals surface area contributed by atoms with Gasteiger partial charge in [-0.05, 0) is 12.8 Å². The van der Waals surface area contributed by atoms with Crippen molar-refractivity contribution in [3.63, 3.8) is 0 Å². The highest BCUT2D eigenvalue weighted by atomic mass is 16.5. The molecule has 1 aliphatic heterocycles. The maximum absolute atomic E-state index is 5.35. The first-order chi connectivity index (χ1) is 7.29. The Balaban J connectivity index is 1.91. The molecule has 84 valence electrons. The highest BCUT2D eigenvalue weighted by Crippen LogP contribution is 2.17. The molecule has 15 heavy (non-hydrogen) atoms. The van der Waals surface area contributed by atoms with E-state index in [9.17, 15) is 0 Å². The lowest BCUT2D eigenvalue weighted by atomic mass is 10.1. The van der Waals surface area contributed by atoms with E-state index in [1.54, 1.807) is 0 Å². The minimum absolute atomic E-state index is 0.662. The summed E-state index contributed by atoms with van der Waals surface area (Å²) in [5, 5.41) is 7.86. The Bertz CT molecular complexity index is 316. The van der Waals surface area contributed by atoms with Crippen molar-refractivity contribution >= 4 is 5.69 Å². The van der Waals surface area contributed by atoms with Crippen LogP contribution < -0.4 is 5.32 Å². The molecule has 0 aromatic carbocycles. The zero-order valence-corrected chi connectivity index (χ0v) is 9.49. The molecule has 1 atom stereocenters. The van der Waals surface area contributed by atoms with E-state index in [0.29, 0.717) is 5.92 Å². The third-order valence-electron chi connectivity index (χ3n) is 2.85. The number of hydrogen-bond donors (Lipinski definition) is 1. The third-order valence-corrected chi connectivity index (χ3v) is 2.85. The van der Waals surface area contributed by atoms with E-state index in [-0.39, 0.29) is 0 Å². The molecule has 1 saturated heterocycles. The van der Waals surface area contributed by atoms with Crippen LogP contribution in [0.15, 0.2) is 6.20 Å². The molecule has 4 nitrogen and oxygen atoms in total. The van der Waals surface area contributed by atoms with Gasteiger partial charge in [0.2, 0.25) is 0 Å². The van der Waals surface area contributed by atoms with E-state index in [1.807, 2.05) is 11.7 Å². The van der Waals surface area contributed by atoms with Gasteiger partial charge in [-0.25, -0.2) is 0 Å². The van der Waals surface area contributed by atoms with Crippen molar-refractivity contribution < 1.29 is 4.74 Å². The number of aromatic nitrogens is 2. The van der Waals surface area contributed by atoms with Gasteiger partial charge in [0.15, 0.2) is 0 Å². The zero-order valence-electron chi connectivity index (χ0n) is 9.49. The van der Waals surface area contributed by atoms with Gasteiger partial charge in [-0.1, -0.05) is 6.92 Å². The van der Waals surface area contributed by atoms with Gasteiger partial charge < -0.3 is 10.1 Å². The molecule has 0 aliphatic carbocycles. The summed E-state index contributed by atoms with van der Waals surface area (Å²) >= 11 is 0. The van der Waals surface area contributed by atoms with Gasteiger partial charge >= 0.3 is 0 Å². The van der Waals surface area contributed by atoms with E-state index in [4.69, 9.17) is 4.74 Å². The molecule has 1 N–H and O–H groups in total. The second-order valence-electron chi connectivity index (χ2n) is 4.13. The van der Waals surface area contributed by atoms with Crippen LogP contribution in [0.4, 0.5) is 5.69 Å². The molecule has 1 aliphatic rings. The standard InChI is InChI=1S/C11H19N3O/c1-3-10-11(7-14(2)13-10)12-6-9-4-5-15-8-9/h7,9,12H,3-6,8H2,1-2H3. The fourth-order valence-electron chi connectivity index (χ4n) is 1.94. The summed E-state index contributed by atoms with van der Waals surface area (Å²) in [5.41, 5.74) is 2.32. The van der Waals surface area contributed by atoms with Gasteiger partial charge in [0.25, 0.3) is 0 Å². The molecule has 0 amide bonds. The molecule has 0 saturated carbocycles. The topological polar surface area (TPSA) is 39.1 Å². The Kier molecular flexibility index (Phi) is 3.26. The second-order valence-corrected chi connectivity index (χ2v) is 4.13. The van der Waals surface area contributed by atoms with Crippen LogP contribution in [0.3, 0.4) is 0 Å². The molecule has 1 fully saturated rings. The van der Waals surface area contributed by atoms with Gasteiger partial charge in [-0.2, -0.15) is 5.10 Å². The van der Waals surface area contributed by atoms with E-state index in [1.165, 1.54) is 12.1 Å². The fraction of sp³-hybridized carbons (Fsp3) is 0.727. The molecule has 0 radical (unpaired) electrons. The molecule has 2 rings (SSSR count). The summed E-state index contributed by atoms with van der Waals surface area (Å²) in [6, 6.07) is 0. The summed E-state index contributed by atoms with van der Waals surface area (Å²) in [4.78, 5) is 0. The minimum atomic E-state index is 0.662. The number of anilines is 1. The Morgan fingerprint density at radius 2 is 2.53 bits per heavy atom. The van der Waals surface area contributed by atoms with Crippen molar-refractivity contribution in [2.45, 2.75) is 19.8 Å². The van der Waals surface area contributed by atoms with Gasteiger partial charge in [0.05, 0.1) is 18.0 Å². The second kappa shape index (κ2) is 4.66. The monoisotopic (exact) mass is 209 g/mol. The Morgan fingerprint density at radius 3 is 3.20 bits per heavy atom. The number of aryl methyl sites for hydroxylation is 2. The third kappa shape index (κ3) is 2.50. The Hall–Kier alpha value is -1.03. The van der Waals surface area contributed by atoms with E-state index >= 15 is 0 Å². The zero-order chi connectivity index (χ0) is 10.7. The predicted molar refractivity (Wildman–Crippen MR) is 60.0 cm³/mol. The van der Waals surface area contributed by atoms with Crippen LogP contribution in [0.1, 0.15) is 19.0 Å². The normalized spacial score (nSPS) is 20.8. The van der Waals surface area contributed by atoms with Gasteiger partial charge in [-0.3, -0.25) is 4.68 Å². The first-order valence-corrected chi connectivity index (χ1v) is 5.63. The number of nitrogens with one attached hydrogen (secondary N) is 1. The average Bonchev–Trinajstić information content (AvgIpc) is 2.83. The van der Waals surface area contributed by atoms with Crippen molar-refractivity contribution in [1.29, 1.82) is 0 Å². The van der Waals surface area contributed by atoms with E-state index in [2.05, 4.69) is 23.5 Å². The lowest BCUT2D eigenvalue weighted by molar-refractivity contribution is 0.187. The van der Waals surface area contributed by atoms with Crippen molar-refractivity contribution in [1.82, 2.24) is 9.78 Å². The molecular formula is C11H19N3O. The number of ether oxygens (including phenoxy) is 1. The summed E-state index contributed by atoms with van der Waals surface area (Å²) in [6.07, 6.45) is 4.20. The van der Waals surface area contributed by atoms with Crippen molar-refractivity contribution in [2.24, 2.45) is 13.0 Å². The number of nitrogens with zero attached hydrogens (tertiary/aromatic N) is 2. The van der Waals surface area contributed by atoms with Crippen LogP contribution in [0.25, 0.3) is 0 Å². The maximum atomic E-state index is 5.35. The van der Waals surface area contributed by atoms with Crippen LogP contribution >= 0.6 is 0 Å². The van der Waals surface area contributed by atoms with Crippen LogP contribution in [0.2, 0.25) is 0 Å². The van der Waals surface area contributed by atoms with Gasteiger partial charge in [0.1, 0.15) is 0 Å². The molecule has 1 aromatic heterocycles. The van der Waals surface area contributed by atoms with Crippen LogP contribution in [-0.4, -0.2) is 29.5 Å². The molecule has 1 unspecified atom stereocenters. The molecule has 1 aromatic rings. The summed E-state index contributed by atoms with van der Waals surface area (Å²) < 4.78 is 7.21. The molecule has 0 bridgehead atoms. The lowest BCUT2D eigenvalue weighted by Gasteiger charge is -2.09. The molecule has 0 spiro atoms. The Morgan fingerprint density at radius 1 is 1.67 bits per heavy atom. The summed E-state index contributed by atoms with van der Waals surface area (Å²) in [5.74, 6) is 0.662.